The van der Waals surface area contributed by atoms with Gasteiger partial charge in [0.25, 0.3) is 0 Å². The van der Waals surface area contributed by atoms with Crippen LogP contribution in [0.3, 0.4) is 0 Å². The molecule has 19 heavy (non-hydrogen) atoms. The largest absolute Gasteiger partial charge is 0.312 e. The minimum Gasteiger partial charge on any atom is -0.312 e. The van der Waals surface area contributed by atoms with E-state index in [4.69, 9.17) is 11.6 Å². The molecule has 1 aromatic heterocycles. The van der Waals surface area contributed by atoms with Crippen LogP contribution in [0.5, 0.6) is 0 Å². The van der Waals surface area contributed by atoms with Crippen molar-refractivity contribution in [2.45, 2.75) is 59.4 Å². The van der Waals surface area contributed by atoms with Gasteiger partial charge in [-0.05, 0) is 74.0 Å². The van der Waals surface area contributed by atoms with Crippen molar-refractivity contribution in [3.63, 3.8) is 0 Å². The van der Waals surface area contributed by atoms with Crippen molar-refractivity contribution in [3.05, 3.63) is 19.8 Å². The predicted octanol–water partition coefficient (Wildman–Crippen LogP) is 5.90. The van der Waals surface area contributed by atoms with E-state index in [-0.39, 0.29) is 5.54 Å². The molecule has 0 aliphatic carbocycles. The number of halogens is 2. The molecule has 0 aliphatic heterocycles. The SMILES string of the molecule is CC(C)(CCNC(C)(C)C)CCc1cc(Br)c(Cl)s1. The molecular formula is C15H25BrClNS. The molecule has 1 aromatic rings. The van der Waals surface area contributed by atoms with E-state index >= 15 is 0 Å². The molecule has 0 atom stereocenters. The average Bonchev–Trinajstić information content (AvgIpc) is 2.54. The Hall–Kier alpha value is 0.430. The minimum atomic E-state index is 0.211. The Morgan fingerprint density at radius 3 is 2.32 bits per heavy atom. The topological polar surface area (TPSA) is 12.0 Å². The molecule has 0 amide bonds. The summed E-state index contributed by atoms with van der Waals surface area (Å²) < 4.78 is 1.89. The Bertz CT molecular complexity index is 387. The number of aryl methyl sites for hydroxylation is 1. The van der Waals surface area contributed by atoms with E-state index in [1.54, 1.807) is 11.3 Å². The van der Waals surface area contributed by atoms with Gasteiger partial charge in [0.2, 0.25) is 0 Å². The summed E-state index contributed by atoms with van der Waals surface area (Å²) in [7, 11) is 0. The van der Waals surface area contributed by atoms with Gasteiger partial charge < -0.3 is 5.32 Å². The second kappa shape index (κ2) is 6.93. The van der Waals surface area contributed by atoms with Crippen LogP contribution in [-0.2, 0) is 6.42 Å². The highest BCUT2D eigenvalue weighted by molar-refractivity contribution is 9.10. The van der Waals surface area contributed by atoms with Crippen molar-refractivity contribution >= 4 is 38.9 Å². The third kappa shape index (κ3) is 7.12. The minimum absolute atomic E-state index is 0.211. The quantitative estimate of drug-likeness (QED) is 0.660. The molecule has 0 bridgehead atoms. The van der Waals surface area contributed by atoms with Crippen molar-refractivity contribution < 1.29 is 0 Å². The summed E-state index contributed by atoms with van der Waals surface area (Å²) in [6.07, 6.45) is 3.51. The first-order valence-corrected chi connectivity index (χ1v) is 8.77. The lowest BCUT2D eigenvalue weighted by atomic mass is 9.84. The van der Waals surface area contributed by atoms with Crippen LogP contribution in [0.2, 0.25) is 4.34 Å². The van der Waals surface area contributed by atoms with Crippen LogP contribution >= 0.6 is 38.9 Å². The summed E-state index contributed by atoms with van der Waals surface area (Å²) in [6.45, 7) is 12.4. The lowest BCUT2D eigenvalue weighted by Crippen LogP contribution is -2.38. The molecule has 0 aromatic carbocycles. The molecule has 4 heteroatoms. The van der Waals surface area contributed by atoms with Crippen molar-refractivity contribution in [1.82, 2.24) is 5.32 Å². The summed E-state index contributed by atoms with van der Waals surface area (Å²) in [5.41, 5.74) is 0.573. The Kier molecular flexibility index (Phi) is 6.37. The molecule has 0 spiro atoms. The second-order valence-corrected chi connectivity index (χ2v) is 9.52. The number of thiophene rings is 1. The standard InChI is InChI=1S/C15H25BrClNS/c1-14(2,3)18-9-8-15(4,5)7-6-11-10-12(16)13(17)19-11/h10,18H,6-9H2,1-5H3. The van der Waals surface area contributed by atoms with E-state index in [2.05, 4.69) is 61.9 Å². The van der Waals surface area contributed by atoms with E-state index in [1.165, 1.54) is 17.7 Å². The molecule has 0 saturated carbocycles. The molecule has 110 valence electrons. The van der Waals surface area contributed by atoms with Gasteiger partial charge in [-0.2, -0.15) is 0 Å². The molecule has 1 nitrogen and oxygen atoms in total. The van der Waals surface area contributed by atoms with Gasteiger partial charge in [0, 0.05) is 14.9 Å². The lowest BCUT2D eigenvalue weighted by molar-refractivity contribution is 0.285. The summed E-state index contributed by atoms with van der Waals surface area (Å²) in [5, 5.41) is 3.56. The maximum atomic E-state index is 6.07. The van der Waals surface area contributed by atoms with Crippen LogP contribution in [0.15, 0.2) is 10.5 Å². The number of hydrogen-bond acceptors (Lipinski definition) is 2. The van der Waals surface area contributed by atoms with Crippen LogP contribution in [0, 0.1) is 5.41 Å². The molecule has 0 radical (unpaired) electrons. The summed E-state index contributed by atoms with van der Waals surface area (Å²) in [4.78, 5) is 1.37. The number of rotatable bonds is 6. The summed E-state index contributed by atoms with van der Waals surface area (Å²) in [6, 6.07) is 2.15. The summed E-state index contributed by atoms with van der Waals surface area (Å²) in [5.74, 6) is 0. The van der Waals surface area contributed by atoms with Crippen molar-refractivity contribution in [3.8, 4) is 0 Å². The van der Waals surface area contributed by atoms with Gasteiger partial charge in [-0.15, -0.1) is 11.3 Å². The zero-order valence-corrected chi connectivity index (χ0v) is 15.7. The van der Waals surface area contributed by atoms with E-state index in [9.17, 15) is 0 Å². The molecule has 1 heterocycles. The van der Waals surface area contributed by atoms with Crippen molar-refractivity contribution in [2.24, 2.45) is 5.41 Å². The van der Waals surface area contributed by atoms with Gasteiger partial charge in [0.1, 0.15) is 4.34 Å². The van der Waals surface area contributed by atoms with Gasteiger partial charge in [0.05, 0.1) is 0 Å². The third-order valence-corrected chi connectivity index (χ3v) is 5.74. The zero-order valence-electron chi connectivity index (χ0n) is 12.6. The van der Waals surface area contributed by atoms with E-state index in [1.807, 2.05) is 0 Å². The Labute approximate surface area is 135 Å². The van der Waals surface area contributed by atoms with Crippen LogP contribution in [0.25, 0.3) is 0 Å². The molecule has 0 aliphatic rings. The lowest BCUT2D eigenvalue weighted by Gasteiger charge is -2.28. The molecule has 0 saturated heterocycles. The normalized spacial score (nSPS) is 13.0. The van der Waals surface area contributed by atoms with Gasteiger partial charge >= 0.3 is 0 Å². The highest BCUT2D eigenvalue weighted by Gasteiger charge is 2.19. The molecule has 1 rings (SSSR count). The van der Waals surface area contributed by atoms with Crippen LogP contribution in [0.4, 0.5) is 0 Å². The van der Waals surface area contributed by atoms with Crippen LogP contribution < -0.4 is 5.32 Å². The molecular weight excluding hydrogens is 342 g/mol. The molecule has 0 unspecified atom stereocenters. The first kappa shape index (κ1) is 17.5. The Morgan fingerprint density at radius 1 is 1.21 bits per heavy atom. The van der Waals surface area contributed by atoms with Gasteiger partial charge in [-0.3, -0.25) is 0 Å². The average molecular weight is 367 g/mol. The highest BCUT2D eigenvalue weighted by Crippen LogP contribution is 2.35. The second-order valence-electron chi connectivity index (χ2n) is 6.93. The maximum Gasteiger partial charge on any atom is 0.107 e. The fraction of sp³-hybridized carbons (Fsp3) is 0.733. The first-order chi connectivity index (χ1) is 8.59. The first-order valence-electron chi connectivity index (χ1n) is 6.78. The third-order valence-electron chi connectivity index (χ3n) is 3.20. The van der Waals surface area contributed by atoms with E-state index < -0.39 is 0 Å². The zero-order chi connectivity index (χ0) is 14.7. The van der Waals surface area contributed by atoms with E-state index in [0.29, 0.717) is 5.41 Å². The smallest absolute Gasteiger partial charge is 0.107 e. The Morgan fingerprint density at radius 2 is 1.84 bits per heavy atom. The monoisotopic (exact) mass is 365 g/mol. The van der Waals surface area contributed by atoms with Gasteiger partial charge in [0.15, 0.2) is 0 Å². The molecule has 1 N–H and O–H groups in total. The van der Waals surface area contributed by atoms with Gasteiger partial charge in [-0.1, -0.05) is 25.4 Å². The number of nitrogens with one attached hydrogen (secondary N) is 1. The van der Waals surface area contributed by atoms with Gasteiger partial charge in [-0.25, -0.2) is 0 Å². The van der Waals surface area contributed by atoms with Crippen LogP contribution in [-0.4, -0.2) is 12.1 Å². The van der Waals surface area contributed by atoms with E-state index in [0.717, 1.165) is 21.8 Å². The maximum absolute atomic E-state index is 6.07. The summed E-state index contributed by atoms with van der Waals surface area (Å²) >= 11 is 11.2. The fourth-order valence-electron chi connectivity index (χ4n) is 1.88. The molecule has 0 fully saturated rings. The fourth-order valence-corrected chi connectivity index (χ4v) is 3.67. The highest BCUT2D eigenvalue weighted by atomic mass is 79.9. The van der Waals surface area contributed by atoms with Crippen molar-refractivity contribution in [1.29, 1.82) is 0 Å². The van der Waals surface area contributed by atoms with Crippen molar-refractivity contribution in [2.75, 3.05) is 6.54 Å². The Balaban J connectivity index is 2.38. The van der Waals surface area contributed by atoms with Crippen LogP contribution in [0.1, 0.15) is 52.3 Å². The predicted molar refractivity (Wildman–Crippen MR) is 91.5 cm³/mol. The number of hydrogen-bond donors (Lipinski definition) is 1.